The average molecular weight is 353 g/mol. The fraction of sp³-hybridized carbons (Fsp3) is 0.357. The number of nitrogens with zero attached hydrogens (tertiary/aromatic N) is 2. The monoisotopic (exact) mass is 353 g/mol. The molecule has 1 aromatic rings. The molecule has 1 fully saturated rings. The summed E-state index contributed by atoms with van der Waals surface area (Å²) in [4.78, 5) is 41.6. The summed E-state index contributed by atoms with van der Waals surface area (Å²) >= 11 is 0. The van der Waals surface area contributed by atoms with E-state index >= 15 is 0 Å². The lowest BCUT2D eigenvalue weighted by molar-refractivity contribution is -0.174. The fourth-order valence-corrected chi connectivity index (χ4v) is 3.78. The molecule has 9 nitrogen and oxygen atoms in total. The minimum atomic E-state index is -4.09. The van der Waals surface area contributed by atoms with Crippen LogP contribution in [0.4, 0.5) is 0 Å². The van der Waals surface area contributed by atoms with Crippen LogP contribution in [0.2, 0.25) is 0 Å². The van der Waals surface area contributed by atoms with E-state index in [0.717, 1.165) is 4.31 Å². The van der Waals surface area contributed by atoms with Crippen LogP contribution in [-0.4, -0.2) is 48.2 Å². The van der Waals surface area contributed by atoms with Crippen LogP contribution in [-0.2, 0) is 19.8 Å². The molecule has 128 valence electrons. The fourth-order valence-electron chi connectivity index (χ4n) is 2.85. The van der Waals surface area contributed by atoms with E-state index in [1.54, 1.807) is 12.1 Å². The van der Waals surface area contributed by atoms with Crippen LogP contribution in [0.1, 0.15) is 40.0 Å². The smallest absolute Gasteiger partial charge is 0.328 e. The molecule has 1 atom stereocenters. The van der Waals surface area contributed by atoms with Gasteiger partial charge < -0.3 is 4.84 Å². The van der Waals surface area contributed by atoms with Crippen molar-refractivity contribution in [2.45, 2.75) is 25.3 Å². The van der Waals surface area contributed by atoms with Crippen molar-refractivity contribution in [3.05, 3.63) is 35.4 Å². The van der Waals surface area contributed by atoms with Crippen molar-refractivity contribution in [2.24, 2.45) is 5.14 Å². The zero-order valence-electron chi connectivity index (χ0n) is 12.5. The van der Waals surface area contributed by atoms with Crippen LogP contribution >= 0.6 is 0 Å². The Labute approximate surface area is 138 Å². The second kappa shape index (κ2) is 5.96. The molecule has 0 aromatic heterocycles. The number of nitrogens with two attached hydrogens (primary N) is 1. The van der Waals surface area contributed by atoms with Gasteiger partial charge in [-0.15, -0.1) is 0 Å². The Hall–Kier alpha value is -2.30. The van der Waals surface area contributed by atoms with Crippen LogP contribution in [0, 0.1) is 0 Å². The van der Waals surface area contributed by atoms with Crippen molar-refractivity contribution >= 4 is 28.0 Å². The van der Waals surface area contributed by atoms with Crippen LogP contribution in [0.15, 0.2) is 24.3 Å². The molecule has 2 N–H and O–H groups in total. The number of piperidine rings is 1. The number of carbonyl (C=O) groups is 3. The standard InChI is InChI=1S/C14H15N3O6S/c15-24(21,22)16-8-4-3-7-11(16)14(20)23-17-12(18)9-5-1-2-6-10(9)13(17)19/h1-2,5-6,11H,3-4,7-8H2,(H2,15,21,22). The van der Waals surface area contributed by atoms with Gasteiger partial charge in [0, 0.05) is 6.54 Å². The summed E-state index contributed by atoms with van der Waals surface area (Å²) in [5.74, 6) is -2.53. The van der Waals surface area contributed by atoms with Crippen molar-refractivity contribution in [1.82, 2.24) is 9.37 Å². The van der Waals surface area contributed by atoms with Gasteiger partial charge >= 0.3 is 5.97 Å². The third kappa shape index (κ3) is 2.79. The van der Waals surface area contributed by atoms with Gasteiger partial charge in [-0.3, -0.25) is 9.59 Å². The third-order valence-electron chi connectivity index (χ3n) is 3.99. The lowest BCUT2D eigenvalue weighted by Gasteiger charge is -2.31. The molecule has 0 radical (unpaired) electrons. The number of hydrogen-bond donors (Lipinski definition) is 1. The quantitative estimate of drug-likeness (QED) is 0.750. The number of hydroxylamine groups is 2. The molecule has 0 aliphatic carbocycles. The highest BCUT2D eigenvalue weighted by Gasteiger charge is 2.42. The lowest BCUT2D eigenvalue weighted by Crippen LogP contribution is -2.52. The van der Waals surface area contributed by atoms with Gasteiger partial charge in [-0.25, -0.2) is 9.93 Å². The van der Waals surface area contributed by atoms with Gasteiger partial charge in [0.25, 0.3) is 22.0 Å². The molecular weight excluding hydrogens is 338 g/mol. The Morgan fingerprint density at radius 3 is 2.25 bits per heavy atom. The van der Waals surface area contributed by atoms with Gasteiger partial charge in [-0.1, -0.05) is 17.2 Å². The Morgan fingerprint density at radius 2 is 1.71 bits per heavy atom. The van der Waals surface area contributed by atoms with Crippen molar-refractivity contribution in [2.75, 3.05) is 6.54 Å². The Kier molecular flexibility index (Phi) is 4.11. The van der Waals surface area contributed by atoms with E-state index in [2.05, 4.69) is 0 Å². The Balaban J connectivity index is 1.80. The van der Waals surface area contributed by atoms with Gasteiger partial charge in [-0.05, 0) is 31.4 Å². The van der Waals surface area contributed by atoms with Crippen LogP contribution in [0.25, 0.3) is 0 Å². The number of benzene rings is 1. The molecule has 3 rings (SSSR count). The van der Waals surface area contributed by atoms with Crippen LogP contribution in [0.3, 0.4) is 0 Å². The van der Waals surface area contributed by atoms with Gasteiger partial charge in [0.1, 0.15) is 6.04 Å². The summed E-state index contributed by atoms with van der Waals surface area (Å²) in [6.07, 6.45) is 1.37. The first-order chi connectivity index (χ1) is 11.3. The topological polar surface area (TPSA) is 127 Å². The van der Waals surface area contributed by atoms with E-state index < -0.39 is 34.0 Å². The second-order valence-corrected chi connectivity index (χ2v) is 7.03. The molecule has 0 saturated carbocycles. The number of fused-ring (bicyclic) bond motifs is 1. The molecule has 1 unspecified atom stereocenters. The van der Waals surface area contributed by atoms with Gasteiger partial charge in [-0.2, -0.15) is 12.7 Å². The maximum atomic E-state index is 12.3. The molecule has 2 aliphatic heterocycles. The predicted octanol–water partition coefficient (Wildman–Crippen LogP) is -0.201. The average Bonchev–Trinajstić information content (AvgIpc) is 2.79. The van der Waals surface area contributed by atoms with E-state index in [9.17, 15) is 22.8 Å². The van der Waals surface area contributed by atoms with Crippen LogP contribution in [0.5, 0.6) is 0 Å². The minimum absolute atomic E-state index is 0.0840. The molecule has 2 aliphatic rings. The highest BCUT2D eigenvalue weighted by molar-refractivity contribution is 7.86. The van der Waals surface area contributed by atoms with E-state index in [-0.39, 0.29) is 24.1 Å². The summed E-state index contributed by atoms with van der Waals surface area (Å²) in [6.45, 7) is 0.0840. The predicted molar refractivity (Wildman–Crippen MR) is 80.5 cm³/mol. The Bertz CT molecular complexity index is 787. The van der Waals surface area contributed by atoms with Gasteiger partial charge in [0.05, 0.1) is 11.1 Å². The molecule has 2 heterocycles. The molecule has 1 saturated heterocycles. The number of carbonyl (C=O) groups excluding carboxylic acids is 3. The minimum Gasteiger partial charge on any atom is -0.328 e. The van der Waals surface area contributed by atoms with E-state index in [1.165, 1.54) is 12.1 Å². The highest BCUT2D eigenvalue weighted by Crippen LogP contribution is 2.25. The van der Waals surface area contributed by atoms with Gasteiger partial charge in [0.15, 0.2) is 0 Å². The number of rotatable bonds is 3. The summed E-state index contributed by atoms with van der Waals surface area (Å²) in [5, 5.41) is 5.48. The largest absolute Gasteiger partial charge is 0.351 e. The Morgan fingerprint density at radius 1 is 1.12 bits per heavy atom. The van der Waals surface area contributed by atoms with Crippen molar-refractivity contribution < 1.29 is 27.6 Å². The maximum absolute atomic E-state index is 12.3. The van der Waals surface area contributed by atoms with E-state index in [4.69, 9.17) is 9.98 Å². The number of hydrogen-bond acceptors (Lipinski definition) is 6. The van der Waals surface area contributed by atoms with Crippen molar-refractivity contribution in [3.8, 4) is 0 Å². The first-order valence-electron chi connectivity index (χ1n) is 7.30. The number of imide groups is 1. The maximum Gasteiger partial charge on any atom is 0.351 e. The lowest BCUT2D eigenvalue weighted by atomic mass is 10.1. The van der Waals surface area contributed by atoms with Crippen molar-refractivity contribution in [3.63, 3.8) is 0 Å². The van der Waals surface area contributed by atoms with E-state index in [1.807, 2.05) is 0 Å². The molecule has 24 heavy (non-hydrogen) atoms. The zero-order valence-corrected chi connectivity index (χ0v) is 13.4. The molecule has 2 amide bonds. The third-order valence-corrected chi connectivity index (χ3v) is 5.08. The first kappa shape index (κ1) is 16.6. The SMILES string of the molecule is NS(=O)(=O)N1CCCCC1C(=O)ON1C(=O)c2ccccc2C1=O. The zero-order chi connectivity index (χ0) is 17.5. The normalized spacial score (nSPS) is 21.7. The molecule has 1 aromatic carbocycles. The van der Waals surface area contributed by atoms with Crippen molar-refractivity contribution in [1.29, 1.82) is 0 Å². The molecular formula is C14H15N3O6S. The van der Waals surface area contributed by atoms with Crippen LogP contribution < -0.4 is 5.14 Å². The summed E-state index contributed by atoms with van der Waals surface area (Å²) in [6, 6.07) is 4.90. The first-order valence-corrected chi connectivity index (χ1v) is 8.80. The molecule has 0 bridgehead atoms. The van der Waals surface area contributed by atoms with E-state index in [0.29, 0.717) is 17.9 Å². The summed E-state index contributed by atoms with van der Waals surface area (Å²) < 4.78 is 24.0. The molecule has 0 spiro atoms. The second-order valence-electron chi connectivity index (χ2n) is 5.53. The van der Waals surface area contributed by atoms with Gasteiger partial charge in [0.2, 0.25) is 0 Å². The molecule has 10 heteroatoms. The highest BCUT2D eigenvalue weighted by atomic mass is 32.2. The number of amides is 2. The summed E-state index contributed by atoms with van der Waals surface area (Å²) in [5.41, 5.74) is 0.254. The summed E-state index contributed by atoms with van der Waals surface area (Å²) in [7, 11) is -4.09.